The number of hydrogen-bond donors (Lipinski definition) is 1. The molecule has 1 aromatic heterocycles. The molecule has 1 heterocycles. The number of aldehydes is 1. The van der Waals surface area contributed by atoms with Crippen LogP contribution in [0.3, 0.4) is 0 Å². The molecule has 104 valence electrons. The van der Waals surface area contributed by atoms with Crippen LogP contribution in [0.5, 0.6) is 5.75 Å². The van der Waals surface area contributed by atoms with E-state index >= 15 is 0 Å². The molecule has 0 aliphatic heterocycles. The molecule has 0 unspecified atom stereocenters. The maximum atomic E-state index is 11.2. The number of phenolic OH excluding ortho intramolecular Hbond substituents is 1. The van der Waals surface area contributed by atoms with Crippen molar-refractivity contribution in [1.29, 1.82) is 0 Å². The van der Waals surface area contributed by atoms with Gasteiger partial charge in [-0.25, -0.2) is 4.68 Å². The quantitative estimate of drug-likeness (QED) is 0.745. The Hall–Kier alpha value is -2.95. The zero-order chi connectivity index (χ0) is 14.7. The summed E-state index contributed by atoms with van der Waals surface area (Å²) in [5.41, 5.74) is 2.87. The SMILES string of the molecule is O=Cc1nnn(Cc2ccc(O)cc2)c1-c1ccccc1. The monoisotopic (exact) mass is 279 g/mol. The van der Waals surface area contributed by atoms with E-state index in [1.54, 1.807) is 16.8 Å². The van der Waals surface area contributed by atoms with Gasteiger partial charge in [0.25, 0.3) is 0 Å². The minimum atomic E-state index is 0.217. The summed E-state index contributed by atoms with van der Waals surface area (Å²) in [4.78, 5) is 11.2. The fourth-order valence-electron chi connectivity index (χ4n) is 2.18. The fraction of sp³-hybridized carbons (Fsp3) is 0.0625. The lowest BCUT2D eigenvalue weighted by Gasteiger charge is -2.07. The van der Waals surface area contributed by atoms with Crippen LogP contribution in [0.15, 0.2) is 54.6 Å². The standard InChI is InChI=1S/C16H13N3O2/c20-11-15-16(13-4-2-1-3-5-13)19(18-17-15)10-12-6-8-14(21)9-7-12/h1-9,11,21H,10H2. The lowest BCUT2D eigenvalue weighted by molar-refractivity contribution is 0.111. The Balaban J connectivity index is 2.01. The second kappa shape index (κ2) is 5.58. The summed E-state index contributed by atoms with van der Waals surface area (Å²) < 4.78 is 1.69. The van der Waals surface area contributed by atoms with Gasteiger partial charge in [-0.15, -0.1) is 5.10 Å². The van der Waals surface area contributed by atoms with Crippen LogP contribution in [-0.2, 0) is 6.54 Å². The first-order valence-corrected chi connectivity index (χ1v) is 6.50. The molecule has 5 nitrogen and oxygen atoms in total. The largest absolute Gasteiger partial charge is 0.508 e. The third kappa shape index (κ3) is 2.67. The van der Waals surface area contributed by atoms with Gasteiger partial charge in [-0.3, -0.25) is 4.79 Å². The Bertz CT molecular complexity index is 749. The average molecular weight is 279 g/mol. The molecule has 0 aliphatic rings. The molecule has 3 aromatic rings. The molecule has 0 atom stereocenters. The molecule has 21 heavy (non-hydrogen) atoms. The van der Waals surface area contributed by atoms with Crippen LogP contribution < -0.4 is 0 Å². The first-order chi connectivity index (χ1) is 10.3. The molecule has 0 amide bonds. The van der Waals surface area contributed by atoms with Crippen molar-refractivity contribution in [3.05, 3.63) is 65.9 Å². The lowest BCUT2D eigenvalue weighted by Crippen LogP contribution is -2.04. The number of nitrogens with zero attached hydrogens (tertiary/aromatic N) is 3. The smallest absolute Gasteiger partial charge is 0.172 e. The summed E-state index contributed by atoms with van der Waals surface area (Å²) in [5, 5.41) is 17.3. The highest BCUT2D eigenvalue weighted by Gasteiger charge is 2.14. The second-order valence-corrected chi connectivity index (χ2v) is 4.63. The number of rotatable bonds is 4. The van der Waals surface area contributed by atoms with Crippen LogP contribution >= 0.6 is 0 Å². The third-order valence-corrected chi connectivity index (χ3v) is 3.19. The van der Waals surface area contributed by atoms with Crippen LogP contribution in [-0.4, -0.2) is 26.4 Å². The minimum absolute atomic E-state index is 0.217. The van der Waals surface area contributed by atoms with Gasteiger partial charge in [0.15, 0.2) is 12.0 Å². The van der Waals surface area contributed by atoms with Crippen molar-refractivity contribution in [3.63, 3.8) is 0 Å². The molecular formula is C16H13N3O2. The van der Waals surface area contributed by atoms with Gasteiger partial charge < -0.3 is 5.11 Å². The minimum Gasteiger partial charge on any atom is -0.508 e. The van der Waals surface area contributed by atoms with Crippen molar-refractivity contribution in [3.8, 4) is 17.0 Å². The van der Waals surface area contributed by atoms with E-state index in [-0.39, 0.29) is 5.75 Å². The molecule has 0 spiro atoms. The molecule has 3 rings (SSSR count). The van der Waals surface area contributed by atoms with Crippen molar-refractivity contribution in [2.75, 3.05) is 0 Å². The Morgan fingerprint density at radius 2 is 1.76 bits per heavy atom. The van der Waals surface area contributed by atoms with E-state index in [9.17, 15) is 9.90 Å². The predicted molar refractivity (Wildman–Crippen MR) is 78.1 cm³/mol. The van der Waals surface area contributed by atoms with Crippen molar-refractivity contribution in [1.82, 2.24) is 15.0 Å². The van der Waals surface area contributed by atoms with Gasteiger partial charge >= 0.3 is 0 Å². The van der Waals surface area contributed by atoms with E-state index in [1.165, 1.54) is 0 Å². The maximum Gasteiger partial charge on any atom is 0.172 e. The van der Waals surface area contributed by atoms with Crippen molar-refractivity contribution < 1.29 is 9.90 Å². The molecule has 2 aromatic carbocycles. The molecular weight excluding hydrogens is 266 g/mol. The zero-order valence-corrected chi connectivity index (χ0v) is 11.2. The average Bonchev–Trinajstić information content (AvgIpc) is 2.93. The molecule has 0 saturated carbocycles. The molecule has 0 bridgehead atoms. The van der Waals surface area contributed by atoms with Gasteiger partial charge in [0.05, 0.1) is 12.2 Å². The van der Waals surface area contributed by atoms with Gasteiger partial charge in [0.2, 0.25) is 0 Å². The van der Waals surface area contributed by atoms with E-state index in [0.717, 1.165) is 11.1 Å². The van der Waals surface area contributed by atoms with E-state index in [0.29, 0.717) is 24.2 Å². The van der Waals surface area contributed by atoms with Crippen LogP contribution in [0, 0.1) is 0 Å². The van der Waals surface area contributed by atoms with Crippen molar-refractivity contribution in [2.45, 2.75) is 6.54 Å². The molecule has 0 saturated heterocycles. The zero-order valence-electron chi connectivity index (χ0n) is 11.2. The number of carbonyl (C=O) groups excluding carboxylic acids is 1. The van der Waals surface area contributed by atoms with Gasteiger partial charge in [-0.05, 0) is 17.7 Å². The Morgan fingerprint density at radius 3 is 2.43 bits per heavy atom. The number of aromatic hydroxyl groups is 1. The summed E-state index contributed by atoms with van der Waals surface area (Å²) in [6.45, 7) is 0.478. The Labute approximate surface area is 121 Å². The highest BCUT2D eigenvalue weighted by molar-refractivity contribution is 5.83. The normalized spacial score (nSPS) is 10.5. The van der Waals surface area contributed by atoms with E-state index in [2.05, 4.69) is 10.3 Å². The maximum absolute atomic E-state index is 11.2. The van der Waals surface area contributed by atoms with E-state index < -0.39 is 0 Å². The van der Waals surface area contributed by atoms with E-state index in [4.69, 9.17) is 0 Å². The number of carbonyl (C=O) groups is 1. The van der Waals surface area contributed by atoms with Crippen LogP contribution in [0.2, 0.25) is 0 Å². The number of phenols is 1. The first-order valence-electron chi connectivity index (χ1n) is 6.50. The Morgan fingerprint density at radius 1 is 1.05 bits per heavy atom. The third-order valence-electron chi connectivity index (χ3n) is 3.19. The van der Waals surface area contributed by atoms with Crippen molar-refractivity contribution in [2.24, 2.45) is 0 Å². The summed E-state index contributed by atoms with van der Waals surface area (Å²) in [7, 11) is 0. The molecule has 5 heteroatoms. The number of hydrogen-bond acceptors (Lipinski definition) is 4. The second-order valence-electron chi connectivity index (χ2n) is 4.63. The summed E-state index contributed by atoms with van der Waals surface area (Å²) >= 11 is 0. The van der Waals surface area contributed by atoms with Gasteiger partial charge in [0, 0.05) is 5.56 Å². The van der Waals surface area contributed by atoms with Gasteiger partial charge in [-0.1, -0.05) is 47.7 Å². The van der Waals surface area contributed by atoms with Gasteiger partial charge in [-0.2, -0.15) is 0 Å². The molecule has 0 fully saturated rings. The van der Waals surface area contributed by atoms with Crippen LogP contribution in [0.25, 0.3) is 11.3 Å². The van der Waals surface area contributed by atoms with Gasteiger partial charge in [0.1, 0.15) is 5.75 Å². The lowest BCUT2D eigenvalue weighted by atomic mass is 10.1. The number of benzene rings is 2. The molecule has 0 radical (unpaired) electrons. The summed E-state index contributed by atoms with van der Waals surface area (Å²) in [6, 6.07) is 16.4. The highest BCUT2D eigenvalue weighted by atomic mass is 16.3. The Kier molecular flexibility index (Phi) is 3.47. The molecule has 1 N–H and O–H groups in total. The summed E-state index contributed by atoms with van der Waals surface area (Å²) in [6.07, 6.45) is 0.711. The van der Waals surface area contributed by atoms with Crippen LogP contribution in [0.4, 0.5) is 0 Å². The fourth-order valence-corrected chi connectivity index (χ4v) is 2.18. The number of aromatic nitrogens is 3. The predicted octanol–water partition coefficient (Wildman–Crippen LogP) is 2.51. The topological polar surface area (TPSA) is 68.0 Å². The molecule has 0 aliphatic carbocycles. The highest BCUT2D eigenvalue weighted by Crippen LogP contribution is 2.22. The van der Waals surface area contributed by atoms with Crippen molar-refractivity contribution >= 4 is 6.29 Å². The van der Waals surface area contributed by atoms with E-state index in [1.807, 2.05) is 42.5 Å². The van der Waals surface area contributed by atoms with Crippen LogP contribution in [0.1, 0.15) is 16.1 Å². The summed E-state index contributed by atoms with van der Waals surface area (Å²) in [5.74, 6) is 0.217. The first kappa shape index (κ1) is 13.1.